The molecule has 1 heterocycles. The molecule has 0 spiro atoms. The third-order valence-corrected chi connectivity index (χ3v) is 4.53. The third-order valence-electron chi connectivity index (χ3n) is 4.53. The van der Waals surface area contributed by atoms with E-state index in [-0.39, 0.29) is 13.2 Å². The molecule has 0 saturated carbocycles. The molecule has 0 atom stereocenters. The number of aliphatic hydroxyl groups is 1. The van der Waals surface area contributed by atoms with Crippen molar-refractivity contribution in [3.05, 3.63) is 54.1 Å². The summed E-state index contributed by atoms with van der Waals surface area (Å²) in [7, 11) is 0. The minimum absolute atomic E-state index is 0.0532. The van der Waals surface area contributed by atoms with Crippen LogP contribution in [-0.2, 0) is 9.53 Å². The lowest BCUT2D eigenvalue weighted by Crippen LogP contribution is -2.22. The van der Waals surface area contributed by atoms with E-state index < -0.39 is 11.9 Å². The van der Waals surface area contributed by atoms with Crippen molar-refractivity contribution in [1.82, 2.24) is 0 Å². The van der Waals surface area contributed by atoms with E-state index in [1.807, 2.05) is 24.3 Å². The molecule has 28 heavy (non-hydrogen) atoms. The summed E-state index contributed by atoms with van der Waals surface area (Å²) in [6, 6.07) is 14.5. The molecule has 2 aromatic carbocycles. The van der Waals surface area contributed by atoms with E-state index >= 15 is 0 Å². The van der Waals surface area contributed by atoms with Gasteiger partial charge in [0, 0.05) is 36.7 Å². The summed E-state index contributed by atoms with van der Waals surface area (Å²) in [5, 5.41) is 14.6. The van der Waals surface area contributed by atoms with Crippen LogP contribution in [0.1, 0.15) is 23.2 Å². The molecule has 1 amide bonds. The summed E-state index contributed by atoms with van der Waals surface area (Å²) in [5.41, 5.74) is 2.68. The summed E-state index contributed by atoms with van der Waals surface area (Å²) >= 11 is 0. The molecule has 0 aliphatic carbocycles. The fraction of sp³-hybridized carbons (Fsp3) is 0.333. The number of hydrogen-bond acceptors (Lipinski definition) is 6. The van der Waals surface area contributed by atoms with Crippen molar-refractivity contribution in [2.75, 3.05) is 48.4 Å². The van der Waals surface area contributed by atoms with Crippen molar-refractivity contribution >= 4 is 28.9 Å². The number of aliphatic hydroxyl groups excluding tert-OH is 1. The number of carbonyl (C=O) groups is 2. The minimum atomic E-state index is -0.597. The molecule has 7 heteroatoms. The van der Waals surface area contributed by atoms with Gasteiger partial charge in [0.25, 0.3) is 5.91 Å². The van der Waals surface area contributed by atoms with Crippen LogP contribution in [0.4, 0.5) is 17.1 Å². The zero-order valence-corrected chi connectivity index (χ0v) is 15.7. The number of ether oxygens (including phenoxy) is 1. The van der Waals surface area contributed by atoms with Crippen LogP contribution in [0.3, 0.4) is 0 Å². The second kappa shape index (κ2) is 9.75. The molecule has 3 rings (SSSR count). The van der Waals surface area contributed by atoms with Crippen LogP contribution in [0.5, 0.6) is 0 Å². The number of carbonyl (C=O) groups excluding carboxylic acids is 2. The molecule has 0 radical (unpaired) electrons. The molecule has 3 N–H and O–H groups in total. The first-order chi connectivity index (χ1) is 13.7. The third kappa shape index (κ3) is 5.23. The molecule has 2 aromatic rings. The molecule has 0 unspecified atom stereocenters. The number of nitrogens with zero attached hydrogens (tertiary/aromatic N) is 1. The smallest absolute Gasteiger partial charge is 0.340 e. The van der Waals surface area contributed by atoms with Crippen molar-refractivity contribution in [2.45, 2.75) is 12.8 Å². The Bertz CT molecular complexity index is 802. The predicted molar refractivity (Wildman–Crippen MR) is 109 cm³/mol. The molecule has 1 aliphatic heterocycles. The maximum Gasteiger partial charge on any atom is 0.340 e. The molecular weight excluding hydrogens is 358 g/mol. The van der Waals surface area contributed by atoms with Crippen molar-refractivity contribution in [3.8, 4) is 0 Å². The van der Waals surface area contributed by atoms with E-state index in [2.05, 4.69) is 15.5 Å². The number of esters is 1. The average Bonchev–Trinajstić information content (AvgIpc) is 3.26. The topological polar surface area (TPSA) is 90.9 Å². The van der Waals surface area contributed by atoms with Gasteiger partial charge in [-0.05, 0) is 49.2 Å². The number of hydrogen-bond donors (Lipinski definition) is 3. The van der Waals surface area contributed by atoms with Gasteiger partial charge < -0.3 is 25.4 Å². The molecule has 0 aromatic heterocycles. The van der Waals surface area contributed by atoms with Crippen LogP contribution in [-0.4, -0.2) is 49.8 Å². The number of para-hydroxylation sites is 1. The second-order valence-corrected chi connectivity index (χ2v) is 6.56. The van der Waals surface area contributed by atoms with E-state index in [1.54, 1.807) is 24.3 Å². The van der Waals surface area contributed by atoms with Crippen LogP contribution in [0.2, 0.25) is 0 Å². The largest absolute Gasteiger partial charge is 0.452 e. The Morgan fingerprint density at radius 1 is 1.04 bits per heavy atom. The Labute approximate surface area is 164 Å². The van der Waals surface area contributed by atoms with E-state index in [4.69, 9.17) is 9.84 Å². The highest BCUT2D eigenvalue weighted by molar-refractivity contribution is 5.98. The summed E-state index contributed by atoms with van der Waals surface area (Å²) in [6.07, 6.45) is 2.42. The first-order valence-electron chi connectivity index (χ1n) is 9.43. The fourth-order valence-corrected chi connectivity index (χ4v) is 3.14. The van der Waals surface area contributed by atoms with E-state index in [0.29, 0.717) is 23.5 Å². The highest BCUT2D eigenvalue weighted by atomic mass is 16.5. The zero-order chi connectivity index (χ0) is 19.8. The zero-order valence-electron chi connectivity index (χ0n) is 15.7. The van der Waals surface area contributed by atoms with Gasteiger partial charge in [-0.1, -0.05) is 12.1 Å². The SMILES string of the molecule is O=C(COC(=O)c1ccccc1NCCO)Nc1ccc(N2CCCC2)cc1. The van der Waals surface area contributed by atoms with Gasteiger partial charge in [-0.2, -0.15) is 0 Å². The number of amides is 1. The van der Waals surface area contributed by atoms with Gasteiger partial charge in [0.05, 0.1) is 12.2 Å². The van der Waals surface area contributed by atoms with Gasteiger partial charge in [-0.15, -0.1) is 0 Å². The highest BCUT2D eigenvalue weighted by Crippen LogP contribution is 2.22. The summed E-state index contributed by atoms with van der Waals surface area (Å²) in [4.78, 5) is 26.7. The van der Waals surface area contributed by atoms with E-state index in [9.17, 15) is 9.59 Å². The monoisotopic (exact) mass is 383 g/mol. The number of benzene rings is 2. The van der Waals surface area contributed by atoms with Gasteiger partial charge in [-0.3, -0.25) is 4.79 Å². The lowest BCUT2D eigenvalue weighted by atomic mass is 10.2. The number of rotatable bonds is 8. The molecule has 1 saturated heterocycles. The number of nitrogens with one attached hydrogen (secondary N) is 2. The predicted octanol–water partition coefficient (Wildman–Crippen LogP) is 2.49. The van der Waals surface area contributed by atoms with Gasteiger partial charge >= 0.3 is 5.97 Å². The van der Waals surface area contributed by atoms with Crippen molar-refractivity contribution in [3.63, 3.8) is 0 Å². The van der Waals surface area contributed by atoms with Gasteiger partial charge in [0.1, 0.15) is 0 Å². The lowest BCUT2D eigenvalue weighted by Gasteiger charge is -2.17. The van der Waals surface area contributed by atoms with E-state index in [1.165, 1.54) is 12.8 Å². The maximum atomic E-state index is 12.3. The molecular formula is C21H25N3O4. The van der Waals surface area contributed by atoms with Crippen molar-refractivity contribution in [1.29, 1.82) is 0 Å². The Morgan fingerprint density at radius 3 is 2.46 bits per heavy atom. The molecule has 0 bridgehead atoms. The first kappa shape index (κ1) is 19.7. The standard InChI is InChI=1S/C21H25N3O4/c25-14-11-22-19-6-2-1-5-18(19)21(27)28-15-20(26)23-16-7-9-17(10-8-16)24-12-3-4-13-24/h1-2,5-10,22,25H,3-4,11-15H2,(H,23,26). The second-order valence-electron chi connectivity index (χ2n) is 6.56. The Kier molecular flexibility index (Phi) is 6.86. The van der Waals surface area contributed by atoms with E-state index in [0.717, 1.165) is 18.8 Å². The highest BCUT2D eigenvalue weighted by Gasteiger charge is 2.15. The van der Waals surface area contributed by atoms with Crippen molar-refractivity contribution in [2.24, 2.45) is 0 Å². The average molecular weight is 383 g/mol. The molecule has 1 aliphatic rings. The normalized spacial score (nSPS) is 13.2. The van der Waals surface area contributed by atoms with Crippen LogP contribution in [0.15, 0.2) is 48.5 Å². The molecule has 7 nitrogen and oxygen atoms in total. The summed E-state index contributed by atoms with van der Waals surface area (Å²) in [5.74, 6) is -0.997. The van der Waals surface area contributed by atoms with Crippen molar-refractivity contribution < 1.29 is 19.4 Å². The lowest BCUT2D eigenvalue weighted by molar-refractivity contribution is -0.119. The molecule has 148 valence electrons. The first-order valence-corrected chi connectivity index (χ1v) is 9.43. The Hall–Kier alpha value is -3.06. The van der Waals surface area contributed by atoms with Crippen LogP contribution in [0.25, 0.3) is 0 Å². The minimum Gasteiger partial charge on any atom is -0.452 e. The fourth-order valence-electron chi connectivity index (χ4n) is 3.14. The Morgan fingerprint density at radius 2 is 1.75 bits per heavy atom. The maximum absolute atomic E-state index is 12.3. The van der Waals surface area contributed by atoms with Gasteiger partial charge in [0.2, 0.25) is 0 Å². The van der Waals surface area contributed by atoms with Gasteiger partial charge in [-0.25, -0.2) is 4.79 Å². The van der Waals surface area contributed by atoms with Crippen LogP contribution < -0.4 is 15.5 Å². The quantitative estimate of drug-likeness (QED) is 0.607. The summed E-state index contributed by atoms with van der Waals surface area (Å²) in [6.45, 7) is 2.02. The number of anilines is 3. The summed E-state index contributed by atoms with van der Waals surface area (Å²) < 4.78 is 5.13. The van der Waals surface area contributed by atoms with Gasteiger partial charge in [0.15, 0.2) is 6.61 Å². The van der Waals surface area contributed by atoms with Crippen LogP contribution in [0, 0.1) is 0 Å². The van der Waals surface area contributed by atoms with Crippen LogP contribution >= 0.6 is 0 Å². The molecule has 1 fully saturated rings. The Balaban J connectivity index is 1.51.